The number of rotatable bonds is 4. The van der Waals surface area contributed by atoms with E-state index < -0.39 is 17.3 Å². The number of aliphatic carboxylic acids is 1. The number of fused-ring (bicyclic) bond motifs is 1. The molecule has 0 amide bonds. The molecule has 0 aliphatic rings. The standard InChI is InChI=1S/C15H13ClFN5O2/c1-15(2,14(23)24)22-13-10(17)6-20-12(21-13)9-5-19-11-8(9)3-7(16)4-18-11/h3-6H,1-2H3,(H,18,19)(H,23,24)(H,20,21,22). The number of carbonyl (C=O) groups is 1. The number of carboxylic acid groups (broad SMARTS) is 1. The minimum absolute atomic E-state index is 0.197. The highest BCUT2D eigenvalue weighted by Crippen LogP contribution is 2.28. The number of aromatic amines is 1. The molecule has 0 unspecified atom stereocenters. The third-order valence-corrected chi connectivity index (χ3v) is 3.65. The summed E-state index contributed by atoms with van der Waals surface area (Å²) in [4.78, 5) is 26.4. The van der Waals surface area contributed by atoms with Crippen molar-refractivity contribution in [1.82, 2.24) is 19.9 Å². The molecule has 0 saturated heterocycles. The smallest absolute Gasteiger partial charge is 0.328 e. The van der Waals surface area contributed by atoms with Gasteiger partial charge in [-0.3, -0.25) is 0 Å². The van der Waals surface area contributed by atoms with Crippen LogP contribution in [0.5, 0.6) is 0 Å². The number of carboxylic acids is 1. The van der Waals surface area contributed by atoms with Crippen molar-refractivity contribution < 1.29 is 14.3 Å². The van der Waals surface area contributed by atoms with Crippen LogP contribution in [0, 0.1) is 5.82 Å². The van der Waals surface area contributed by atoms with Crippen LogP contribution >= 0.6 is 11.6 Å². The molecule has 3 N–H and O–H groups in total. The van der Waals surface area contributed by atoms with E-state index >= 15 is 0 Å². The number of pyridine rings is 1. The second-order valence-electron chi connectivity index (χ2n) is 5.70. The van der Waals surface area contributed by atoms with Gasteiger partial charge in [-0.25, -0.2) is 24.1 Å². The molecule has 0 fully saturated rings. The zero-order valence-corrected chi connectivity index (χ0v) is 13.5. The predicted octanol–water partition coefficient (Wildman–Crippen LogP) is 3.09. The number of hydrogen-bond donors (Lipinski definition) is 3. The largest absolute Gasteiger partial charge is 0.480 e. The lowest BCUT2D eigenvalue weighted by atomic mass is 10.1. The summed E-state index contributed by atoms with van der Waals surface area (Å²) >= 11 is 5.96. The van der Waals surface area contributed by atoms with Crippen molar-refractivity contribution >= 4 is 34.4 Å². The van der Waals surface area contributed by atoms with Gasteiger partial charge in [0.2, 0.25) is 0 Å². The van der Waals surface area contributed by atoms with Gasteiger partial charge in [-0.15, -0.1) is 0 Å². The monoisotopic (exact) mass is 349 g/mol. The summed E-state index contributed by atoms with van der Waals surface area (Å²) in [5, 5.41) is 12.9. The van der Waals surface area contributed by atoms with Crippen molar-refractivity contribution in [3.8, 4) is 11.4 Å². The first kappa shape index (κ1) is 16.1. The van der Waals surface area contributed by atoms with Gasteiger partial charge in [0.25, 0.3) is 0 Å². The van der Waals surface area contributed by atoms with E-state index in [1.807, 2.05) is 0 Å². The molecule has 3 aromatic rings. The minimum Gasteiger partial charge on any atom is -0.480 e. The lowest BCUT2D eigenvalue weighted by Crippen LogP contribution is -2.40. The number of nitrogens with zero attached hydrogens (tertiary/aromatic N) is 3. The van der Waals surface area contributed by atoms with Crippen molar-refractivity contribution in [2.45, 2.75) is 19.4 Å². The van der Waals surface area contributed by atoms with E-state index in [2.05, 4.69) is 25.3 Å². The molecule has 0 atom stereocenters. The number of halogens is 2. The maximum Gasteiger partial charge on any atom is 0.328 e. The lowest BCUT2D eigenvalue weighted by Gasteiger charge is -2.22. The fraction of sp³-hybridized carbons (Fsp3) is 0.200. The summed E-state index contributed by atoms with van der Waals surface area (Å²) < 4.78 is 14.0. The van der Waals surface area contributed by atoms with Gasteiger partial charge in [0.05, 0.1) is 11.2 Å². The van der Waals surface area contributed by atoms with Gasteiger partial charge in [-0.05, 0) is 19.9 Å². The first-order valence-electron chi connectivity index (χ1n) is 6.95. The fourth-order valence-electron chi connectivity index (χ4n) is 2.10. The van der Waals surface area contributed by atoms with Crippen LogP contribution in [0.25, 0.3) is 22.4 Å². The van der Waals surface area contributed by atoms with Gasteiger partial charge in [0.1, 0.15) is 11.2 Å². The number of H-pyrrole nitrogens is 1. The van der Waals surface area contributed by atoms with Crippen LogP contribution in [0.15, 0.2) is 24.7 Å². The summed E-state index contributed by atoms with van der Waals surface area (Å²) in [6.45, 7) is 2.82. The molecular weight excluding hydrogens is 337 g/mol. The zero-order chi connectivity index (χ0) is 17.5. The Hall–Kier alpha value is -2.74. The van der Waals surface area contributed by atoms with Crippen molar-refractivity contribution in [2.24, 2.45) is 0 Å². The van der Waals surface area contributed by atoms with E-state index in [1.54, 1.807) is 12.3 Å². The molecule has 0 aliphatic carbocycles. The molecular formula is C15H13ClFN5O2. The van der Waals surface area contributed by atoms with Gasteiger partial charge in [-0.1, -0.05) is 11.6 Å². The van der Waals surface area contributed by atoms with Crippen LogP contribution < -0.4 is 5.32 Å². The number of nitrogens with one attached hydrogen (secondary N) is 2. The Balaban J connectivity index is 2.07. The topological polar surface area (TPSA) is 104 Å². The third-order valence-electron chi connectivity index (χ3n) is 3.45. The molecule has 0 spiro atoms. The zero-order valence-electron chi connectivity index (χ0n) is 12.8. The van der Waals surface area contributed by atoms with Crippen molar-refractivity contribution in [2.75, 3.05) is 5.32 Å². The highest BCUT2D eigenvalue weighted by Gasteiger charge is 2.28. The predicted molar refractivity (Wildman–Crippen MR) is 87.4 cm³/mol. The summed E-state index contributed by atoms with van der Waals surface area (Å²) in [5.74, 6) is -1.86. The second-order valence-corrected chi connectivity index (χ2v) is 6.13. The van der Waals surface area contributed by atoms with Crippen LogP contribution in [-0.2, 0) is 4.79 Å². The second kappa shape index (κ2) is 5.72. The van der Waals surface area contributed by atoms with Gasteiger partial charge in [-0.2, -0.15) is 0 Å². The molecule has 0 saturated carbocycles. The Morgan fingerprint density at radius 1 is 1.38 bits per heavy atom. The SMILES string of the molecule is CC(C)(Nc1nc(-c2c[nH]c3ncc(Cl)cc23)ncc1F)C(=O)O. The van der Waals surface area contributed by atoms with Crippen LogP contribution in [0.3, 0.4) is 0 Å². The van der Waals surface area contributed by atoms with Gasteiger partial charge >= 0.3 is 5.97 Å². The minimum atomic E-state index is -1.39. The van der Waals surface area contributed by atoms with Crippen molar-refractivity contribution in [3.05, 3.63) is 35.5 Å². The van der Waals surface area contributed by atoms with E-state index in [4.69, 9.17) is 16.7 Å². The summed E-state index contributed by atoms with van der Waals surface area (Å²) in [7, 11) is 0. The Morgan fingerprint density at radius 3 is 2.83 bits per heavy atom. The fourth-order valence-corrected chi connectivity index (χ4v) is 2.25. The Morgan fingerprint density at radius 2 is 2.12 bits per heavy atom. The molecule has 3 heterocycles. The average Bonchev–Trinajstić information content (AvgIpc) is 2.92. The Kier molecular flexibility index (Phi) is 3.84. The number of hydrogen-bond acceptors (Lipinski definition) is 5. The number of aromatic nitrogens is 4. The van der Waals surface area contributed by atoms with E-state index in [1.165, 1.54) is 20.0 Å². The maximum atomic E-state index is 14.0. The van der Waals surface area contributed by atoms with Crippen molar-refractivity contribution in [3.63, 3.8) is 0 Å². The Bertz CT molecular complexity index is 941. The third kappa shape index (κ3) is 2.88. The van der Waals surface area contributed by atoms with E-state index in [-0.39, 0.29) is 11.6 Å². The molecule has 0 bridgehead atoms. The van der Waals surface area contributed by atoms with Crippen LogP contribution in [0.2, 0.25) is 5.02 Å². The van der Waals surface area contributed by atoms with E-state index in [0.717, 1.165) is 6.20 Å². The maximum absolute atomic E-state index is 14.0. The molecule has 0 aromatic carbocycles. The molecule has 7 nitrogen and oxygen atoms in total. The Labute approximate surface area is 140 Å². The molecule has 0 aliphatic heterocycles. The van der Waals surface area contributed by atoms with Gasteiger partial charge in [0, 0.05) is 23.3 Å². The lowest BCUT2D eigenvalue weighted by molar-refractivity contribution is -0.141. The summed E-state index contributed by atoms with van der Waals surface area (Å²) in [6.07, 6.45) is 4.12. The summed E-state index contributed by atoms with van der Waals surface area (Å²) in [6, 6.07) is 1.69. The number of anilines is 1. The molecule has 9 heteroatoms. The van der Waals surface area contributed by atoms with Gasteiger partial charge in [0.15, 0.2) is 17.5 Å². The normalized spacial score (nSPS) is 11.7. The van der Waals surface area contributed by atoms with E-state index in [0.29, 0.717) is 21.6 Å². The molecule has 3 aromatic heterocycles. The summed E-state index contributed by atoms with van der Waals surface area (Å²) in [5.41, 5.74) is -0.226. The molecule has 0 radical (unpaired) electrons. The highest BCUT2D eigenvalue weighted by atomic mass is 35.5. The molecule has 3 rings (SSSR count). The van der Waals surface area contributed by atoms with Crippen molar-refractivity contribution in [1.29, 1.82) is 0 Å². The highest BCUT2D eigenvalue weighted by molar-refractivity contribution is 6.31. The first-order valence-corrected chi connectivity index (χ1v) is 7.33. The van der Waals surface area contributed by atoms with Crippen LogP contribution in [-0.4, -0.2) is 36.6 Å². The molecule has 124 valence electrons. The average molecular weight is 350 g/mol. The van der Waals surface area contributed by atoms with Gasteiger partial charge < -0.3 is 15.4 Å². The van der Waals surface area contributed by atoms with E-state index in [9.17, 15) is 9.18 Å². The van der Waals surface area contributed by atoms with Crippen LogP contribution in [0.1, 0.15) is 13.8 Å². The molecule has 24 heavy (non-hydrogen) atoms. The van der Waals surface area contributed by atoms with Crippen LogP contribution in [0.4, 0.5) is 10.2 Å². The quantitative estimate of drug-likeness (QED) is 0.668. The first-order chi connectivity index (χ1) is 11.3.